The van der Waals surface area contributed by atoms with E-state index in [9.17, 15) is 9.90 Å². The highest BCUT2D eigenvalue weighted by Gasteiger charge is 2.17. The van der Waals surface area contributed by atoms with Crippen molar-refractivity contribution in [3.63, 3.8) is 0 Å². The van der Waals surface area contributed by atoms with Crippen molar-refractivity contribution in [3.05, 3.63) is 28.3 Å². The third-order valence-corrected chi connectivity index (χ3v) is 4.07. The summed E-state index contributed by atoms with van der Waals surface area (Å²) in [5.41, 5.74) is -0.367. The Bertz CT molecular complexity index is 485. The molecule has 1 aromatic heterocycles. The summed E-state index contributed by atoms with van der Waals surface area (Å²) >= 11 is 0. The van der Waals surface area contributed by atoms with Gasteiger partial charge in [0.25, 0.3) is 0 Å². The van der Waals surface area contributed by atoms with Crippen LogP contribution in [-0.2, 0) is 6.54 Å². The van der Waals surface area contributed by atoms with Crippen LogP contribution in [0.15, 0.2) is 21.5 Å². The fourth-order valence-corrected chi connectivity index (χ4v) is 2.70. The number of nitrogens with zero attached hydrogens (tertiary/aromatic N) is 1. The lowest BCUT2D eigenvalue weighted by Gasteiger charge is -2.29. The van der Waals surface area contributed by atoms with Crippen molar-refractivity contribution in [1.29, 1.82) is 0 Å². The largest absolute Gasteiger partial charge is 1.00 e. The standard InChI is InChI=1S/C18H31NO3.BrH/c1-4-5-6-7-8-9-10-11-12-19(2,3)14-16-13-17(20)18(21)15-22-16;/h13,15H,4-12,14H2,1-3H3;1H. The van der Waals surface area contributed by atoms with Crippen LogP contribution in [0.2, 0.25) is 0 Å². The minimum absolute atomic E-state index is 0. The Kier molecular flexibility index (Phi) is 11.3. The predicted octanol–water partition coefficient (Wildman–Crippen LogP) is 1.07. The van der Waals surface area contributed by atoms with E-state index in [4.69, 9.17) is 4.42 Å². The fraction of sp³-hybridized carbons (Fsp3) is 0.722. The molecular formula is C18H32BrNO3. The summed E-state index contributed by atoms with van der Waals surface area (Å²) in [4.78, 5) is 11.4. The van der Waals surface area contributed by atoms with Crippen molar-refractivity contribution in [1.82, 2.24) is 0 Å². The highest BCUT2D eigenvalue weighted by molar-refractivity contribution is 5.15. The molecule has 0 aliphatic carbocycles. The Hall–Kier alpha value is -0.810. The number of rotatable bonds is 11. The summed E-state index contributed by atoms with van der Waals surface area (Å²) in [5.74, 6) is 0.310. The van der Waals surface area contributed by atoms with Crippen LogP contribution >= 0.6 is 0 Å². The minimum Gasteiger partial charge on any atom is -1.00 e. The Labute approximate surface area is 150 Å². The van der Waals surface area contributed by atoms with E-state index in [1.807, 2.05) is 0 Å². The molecule has 0 atom stereocenters. The quantitative estimate of drug-likeness (QED) is 0.454. The molecule has 0 bridgehead atoms. The molecule has 5 heteroatoms. The van der Waals surface area contributed by atoms with Crippen molar-refractivity contribution in [3.8, 4) is 5.75 Å². The Balaban J connectivity index is 0.00000484. The van der Waals surface area contributed by atoms with Crippen LogP contribution in [0.3, 0.4) is 0 Å². The third kappa shape index (κ3) is 9.82. The summed E-state index contributed by atoms with van der Waals surface area (Å²) in [5, 5.41) is 9.21. The molecule has 23 heavy (non-hydrogen) atoms. The van der Waals surface area contributed by atoms with Crippen LogP contribution in [0.25, 0.3) is 0 Å². The summed E-state index contributed by atoms with van der Waals surface area (Å²) in [6.07, 6.45) is 11.7. The first kappa shape index (κ1) is 22.2. The topological polar surface area (TPSA) is 50.4 Å². The Morgan fingerprint density at radius 3 is 2.17 bits per heavy atom. The SMILES string of the molecule is CCCCCCCCCC[N+](C)(C)Cc1cc(=O)c(O)co1.[Br-]. The molecule has 0 aliphatic rings. The second kappa shape index (κ2) is 11.7. The highest BCUT2D eigenvalue weighted by Crippen LogP contribution is 2.13. The molecule has 0 unspecified atom stereocenters. The first-order valence-corrected chi connectivity index (χ1v) is 8.57. The smallest absolute Gasteiger partial charge is 0.226 e. The maximum Gasteiger partial charge on any atom is 0.226 e. The number of aromatic hydroxyl groups is 1. The molecule has 1 aromatic rings. The van der Waals surface area contributed by atoms with E-state index in [1.165, 1.54) is 57.4 Å². The molecule has 0 saturated carbocycles. The average Bonchev–Trinajstić information content (AvgIpc) is 2.45. The van der Waals surface area contributed by atoms with E-state index in [-0.39, 0.29) is 28.2 Å². The van der Waals surface area contributed by atoms with Gasteiger partial charge in [-0.1, -0.05) is 45.4 Å². The predicted molar refractivity (Wildman–Crippen MR) is 89.9 cm³/mol. The number of hydrogen-bond acceptors (Lipinski definition) is 3. The molecule has 0 fully saturated rings. The Morgan fingerprint density at radius 1 is 1.04 bits per heavy atom. The van der Waals surface area contributed by atoms with Gasteiger partial charge in [-0.3, -0.25) is 4.79 Å². The molecule has 0 amide bonds. The second-order valence-electron chi connectivity index (χ2n) is 6.89. The second-order valence-corrected chi connectivity index (χ2v) is 6.89. The summed E-state index contributed by atoms with van der Waals surface area (Å²) in [6, 6.07) is 1.39. The van der Waals surface area contributed by atoms with Crippen molar-refractivity contribution in [2.45, 2.75) is 64.8 Å². The van der Waals surface area contributed by atoms with Crippen LogP contribution in [0.5, 0.6) is 5.75 Å². The van der Waals surface area contributed by atoms with Gasteiger partial charge in [0.05, 0.1) is 20.6 Å². The zero-order valence-electron chi connectivity index (χ0n) is 14.8. The van der Waals surface area contributed by atoms with Crippen LogP contribution in [0, 0.1) is 0 Å². The van der Waals surface area contributed by atoms with Crippen molar-refractivity contribution in [2.75, 3.05) is 20.6 Å². The lowest BCUT2D eigenvalue weighted by molar-refractivity contribution is -0.904. The maximum absolute atomic E-state index is 11.4. The highest BCUT2D eigenvalue weighted by atomic mass is 79.9. The zero-order valence-corrected chi connectivity index (χ0v) is 16.4. The molecule has 134 valence electrons. The molecule has 0 radical (unpaired) electrons. The third-order valence-electron chi connectivity index (χ3n) is 4.07. The van der Waals surface area contributed by atoms with Gasteiger partial charge in [0.1, 0.15) is 12.8 Å². The number of halogens is 1. The van der Waals surface area contributed by atoms with E-state index in [0.717, 1.165) is 17.3 Å². The summed E-state index contributed by atoms with van der Waals surface area (Å²) in [7, 11) is 4.29. The van der Waals surface area contributed by atoms with E-state index in [2.05, 4.69) is 21.0 Å². The van der Waals surface area contributed by atoms with Gasteiger partial charge < -0.3 is 31.0 Å². The Morgan fingerprint density at radius 2 is 1.61 bits per heavy atom. The van der Waals surface area contributed by atoms with Crippen LogP contribution in [0.4, 0.5) is 0 Å². The molecule has 0 aromatic carbocycles. The van der Waals surface area contributed by atoms with E-state index < -0.39 is 0 Å². The molecular weight excluding hydrogens is 358 g/mol. The number of unbranched alkanes of at least 4 members (excludes halogenated alkanes) is 7. The number of quaternary nitrogens is 1. The van der Waals surface area contributed by atoms with E-state index in [0.29, 0.717) is 12.3 Å². The van der Waals surface area contributed by atoms with Gasteiger partial charge in [-0.15, -0.1) is 0 Å². The molecule has 1 rings (SSSR count). The van der Waals surface area contributed by atoms with E-state index >= 15 is 0 Å². The van der Waals surface area contributed by atoms with Crippen molar-refractivity contribution >= 4 is 0 Å². The average molecular weight is 390 g/mol. The maximum atomic E-state index is 11.4. The van der Waals surface area contributed by atoms with Gasteiger partial charge >= 0.3 is 0 Å². The summed E-state index contributed by atoms with van der Waals surface area (Å²) < 4.78 is 6.09. The molecule has 4 nitrogen and oxygen atoms in total. The molecule has 1 heterocycles. The van der Waals surface area contributed by atoms with Crippen LogP contribution < -0.4 is 22.4 Å². The van der Waals surface area contributed by atoms with E-state index in [1.54, 1.807) is 0 Å². The van der Waals surface area contributed by atoms with Gasteiger partial charge in [-0.2, -0.15) is 0 Å². The molecule has 0 spiro atoms. The van der Waals surface area contributed by atoms with Gasteiger partial charge in [-0.05, 0) is 12.8 Å². The minimum atomic E-state index is -0.367. The first-order chi connectivity index (χ1) is 10.4. The summed E-state index contributed by atoms with van der Waals surface area (Å²) in [6.45, 7) is 3.99. The fourth-order valence-electron chi connectivity index (χ4n) is 2.70. The van der Waals surface area contributed by atoms with Gasteiger partial charge in [-0.25, -0.2) is 0 Å². The van der Waals surface area contributed by atoms with Gasteiger partial charge in [0.15, 0.2) is 11.5 Å². The van der Waals surface area contributed by atoms with Gasteiger partial charge in [0.2, 0.25) is 5.43 Å². The number of hydrogen-bond donors (Lipinski definition) is 1. The van der Waals surface area contributed by atoms with Crippen LogP contribution in [0.1, 0.15) is 64.1 Å². The lowest BCUT2D eigenvalue weighted by atomic mass is 10.1. The first-order valence-electron chi connectivity index (χ1n) is 8.57. The van der Waals surface area contributed by atoms with Gasteiger partial charge in [0, 0.05) is 6.07 Å². The molecule has 0 saturated heterocycles. The van der Waals surface area contributed by atoms with Crippen molar-refractivity contribution < 1.29 is 31.0 Å². The normalized spacial score (nSPS) is 11.3. The lowest BCUT2D eigenvalue weighted by Crippen LogP contribution is -3.00. The molecule has 1 N–H and O–H groups in total. The van der Waals surface area contributed by atoms with Crippen LogP contribution in [-0.4, -0.2) is 30.2 Å². The van der Waals surface area contributed by atoms with Crippen molar-refractivity contribution in [2.24, 2.45) is 0 Å². The molecule has 0 aliphatic heterocycles. The monoisotopic (exact) mass is 389 g/mol. The zero-order chi connectivity index (χ0) is 16.4.